The monoisotopic (exact) mass is 472 g/mol. The van der Waals surface area contributed by atoms with Crippen LogP contribution in [0.25, 0.3) is 0 Å². The lowest BCUT2D eigenvalue weighted by atomic mass is 9.83. The summed E-state index contributed by atoms with van der Waals surface area (Å²) in [6.45, 7) is 3.49. The Kier molecular flexibility index (Phi) is 7.22. The number of hydrogen-bond acceptors (Lipinski definition) is 9. The van der Waals surface area contributed by atoms with Crippen LogP contribution in [0.2, 0.25) is 0 Å². The molecule has 0 saturated heterocycles. The first kappa shape index (κ1) is 24.1. The second-order valence-corrected chi connectivity index (χ2v) is 8.30. The molecule has 0 aliphatic carbocycles. The van der Waals surface area contributed by atoms with Crippen molar-refractivity contribution in [2.75, 3.05) is 14.2 Å². The molecule has 0 fully saturated rings. The minimum absolute atomic E-state index is 0.0314. The smallest absolute Gasteiger partial charge is 0.336 e. The number of imidazole rings is 1. The van der Waals surface area contributed by atoms with E-state index in [4.69, 9.17) is 9.47 Å². The predicted octanol–water partition coefficient (Wildman–Crippen LogP) is 3.20. The van der Waals surface area contributed by atoms with Crippen molar-refractivity contribution >= 4 is 29.4 Å². The molecule has 0 atom stereocenters. The van der Waals surface area contributed by atoms with Crippen LogP contribution in [0.1, 0.15) is 31.0 Å². The minimum Gasteiger partial charge on any atom is -0.466 e. The molecule has 174 valence electrons. The second kappa shape index (κ2) is 9.90. The highest BCUT2D eigenvalue weighted by molar-refractivity contribution is 7.98. The quantitative estimate of drug-likeness (QED) is 0.280. The number of allylic oxidation sites excluding steroid dienone is 2. The molecule has 10 nitrogen and oxygen atoms in total. The number of aromatic nitrogens is 2. The normalized spacial score (nSPS) is 14.2. The summed E-state index contributed by atoms with van der Waals surface area (Å²) >= 11 is 1.43. The van der Waals surface area contributed by atoms with Gasteiger partial charge >= 0.3 is 11.9 Å². The predicted molar refractivity (Wildman–Crippen MR) is 121 cm³/mol. The van der Waals surface area contributed by atoms with Crippen LogP contribution in [0.3, 0.4) is 0 Å². The van der Waals surface area contributed by atoms with Gasteiger partial charge in [0, 0.05) is 36.3 Å². The van der Waals surface area contributed by atoms with Gasteiger partial charge in [-0.15, -0.1) is 0 Å². The van der Waals surface area contributed by atoms with Gasteiger partial charge in [-0.05, 0) is 19.4 Å². The Balaban J connectivity index is 1.96. The average Bonchev–Trinajstić information content (AvgIpc) is 3.16. The molecule has 2 aromatic rings. The summed E-state index contributed by atoms with van der Waals surface area (Å²) in [6.07, 6.45) is 1.63. The number of nitrogens with zero attached hydrogens (tertiary/aromatic N) is 3. The zero-order chi connectivity index (χ0) is 24.3. The number of rotatable bonds is 7. The molecule has 1 aliphatic heterocycles. The molecule has 0 radical (unpaired) electrons. The molecule has 1 aromatic carbocycles. The van der Waals surface area contributed by atoms with Crippen LogP contribution < -0.4 is 5.32 Å². The number of ether oxygens (including phenoxy) is 2. The molecule has 0 unspecified atom stereocenters. The van der Waals surface area contributed by atoms with Crippen molar-refractivity contribution in [2.45, 2.75) is 30.7 Å². The number of nitro groups is 1. The number of esters is 2. The molecule has 1 N–H and O–H groups in total. The highest BCUT2D eigenvalue weighted by Crippen LogP contribution is 2.40. The Hall–Kier alpha value is -3.60. The molecule has 2 heterocycles. The van der Waals surface area contributed by atoms with E-state index in [-0.39, 0.29) is 5.69 Å². The lowest BCUT2D eigenvalue weighted by molar-refractivity contribution is -0.384. The summed E-state index contributed by atoms with van der Waals surface area (Å²) in [5.74, 6) is -1.30. The van der Waals surface area contributed by atoms with E-state index >= 15 is 0 Å². The molecule has 3 rings (SSSR count). The van der Waals surface area contributed by atoms with Gasteiger partial charge in [0.2, 0.25) is 0 Å². The first-order chi connectivity index (χ1) is 15.7. The van der Waals surface area contributed by atoms with Crippen molar-refractivity contribution in [3.8, 4) is 0 Å². The number of methoxy groups -OCH3 is 2. The molecule has 1 aliphatic rings. The Bertz CT molecular complexity index is 1130. The number of non-ortho nitro benzene ring substituents is 1. The van der Waals surface area contributed by atoms with Gasteiger partial charge in [-0.2, -0.15) is 0 Å². The van der Waals surface area contributed by atoms with Gasteiger partial charge < -0.3 is 19.4 Å². The van der Waals surface area contributed by atoms with Gasteiger partial charge in [0.05, 0.1) is 48.1 Å². The molecule has 1 aromatic heterocycles. The molecule has 11 heteroatoms. The van der Waals surface area contributed by atoms with Gasteiger partial charge in [-0.25, -0.2) is 14.6 Å². The number of hydrogen-bond donors (Lipinski definition) is 1. The summed E-state index contributed by atoms with van der Waals surface area (Å²) in [5.41, 5.74) is 3.33. The first-order valence-corrected chi connectivity index (χ1v) is 10.9. The van der Waals surface area contributed by atoms with E-state index in [9.17, 15) is 19.7 Å². The van der Waals surface area contributed by atoms with Crippen LogP contribution in [0.4, 0.5) is 5.69 Å². The van der Waals surface area contributed by atoms with E-state index in [0.717, 1.165) is 5.56 Å². The van der Waals surface area contributed by atoms with Crippen LogP contribution in [0, 0.1) is 10.1 Å². The van der Waals surface area contributed by atoms with Gasteiger partial charge in [0.1, 0.15) is 0 Å². The summed E-state index contributed by atoms with van der Waals surface area (Å²) in [7, 11) is 4.38. The highest BCUT2D eigenvalue weighted by atomic mass is 32.2. The maximum Gasteiger partial charge on any atom is 0.336 e. The van der Waals surface area contributed by atoms with Gasteiger partial charge in [0.15, 0.2) is 5.16 Å². The minimum atomic E-state index is -0.725. The number of nitro benzene ring substituents is 1. The summed E-state index contributed by atoms with van der Waals surface area (Å²) in [6, 6.07) is 6.32. The summed E-state index contributed by atoms with van der Waals surface area (Å²) in [5, 5.41) is 14.6. The van der Waals surface area contributed by atoms with Crippen molar-refractivity contribution < 1.29 is 24.0 Å². The van der Waals surface area contributed by atoms with E-state index in [1.165, 1.54) is 38.1 Å². The fourth-order valence-electron chi connectivity index (χ4n) is 3.72. The Morgan fingerprint density at radius 2 is 1.67 bits per heavy atom. The largest absolute Gasteiger partial charge is 0.466 e. The van der Waals surface area contributed by atoms with Gasteiger partial charge in [-0.3, -0.25) is 10.1 Å². The molecular formula is C22H24N4O6S. The summed E-state index contributed by atoms with van der Waals surface area (Å²) < 4.78 is 11.8. The molecule has 33 heavy (non-hydrogen) atoms. The van der Waals surface area contributed by atoms with Crippen LogP contribution in [-0.2, 0) is 31.9 Å². The fourth-order valence-corrected chi connectivity index (χ4v) is 4.63. The van der Waals surface area contributed by atoms with Crippen LogP contribution >= 0.6 is 11.8 Å². The third-order valence-electron chi connectivity index (χ3n) is 5.36. The topological polar surface area (TPSA) is 126 Å². The van der Waals surface area contributed by atoms with E-state index in [0.29, 0.717) is 39.1 Å². The molecule has 0 bridgehead atoms. The lowest BCUT2D eigenvalue weighted by Gasteiger charge is -2.29. The van der Waals surface area contributed by atoms with Crippen molar-refractivity contribution in [1.82, 2.24) is 14.9 Å². The Labute approximate surface area is 194 Å². The second-order valence-electron chi connectivity index (χ2n) is 7.36. The van der Waals surface area contributed by atoms with E-state index in [1.54, 1.807) is 39.2 Å². The Morgan fingerprint density at radius 1 is 1.12 bits per heavy atom. The molecular weight excluding hydrogens is 448 g/mol. The van der Waals surface area contributed by atoms with Crippen LogP contribution in [0.5, 0.6) is 0 Å². The zero-order valence-corrected chi connectivity index (χ0v) is 19.7. The number of carbonyl (C=O) groups excluding carboxylic acids is 2. The van der Waals surface area contributed by atoms with E-state index in [1.807, 2.05) is 4.57 Å². The standard InChI is InChI=1S/C22H24N4O6S/c1-12-17(20(27)31-4)19(18(13(2)24-12)21(28)32-5)16-10-23-22(25(16)3)33-11-14-6-8-15(9-7-14)26(29)30/h6-10,19,24H,11H2,1-5H3. The first-order valence-electron chi connectivity index (χ1n) is 9.92. The van der Waals surface area contributed by atoms with E-state index in [2.05, 4.69) is 10.3 Å². The van der Waals surface area contributed by atoms with Gasteiger partial charge in [-0.1, -0.05) is 23.9 Å². The summed E-state index contributed by atoms with van der Waals surface area (Å²) in [4.78, 5) is 40.2. The van der Waals surface area contributed by atoms with Crippen molar-refractivity contribution in [3.05, 3.63) is 74.4 Å². The number of nitrogens with one attached hydrogen (secondary N) is 1. The van der Waals surface area contributed by atoms with Gasteiger partial charge in [0.25, 0.3) is 5.69 Å². The average molecular weight is 473 g/mol. The SMILES string of the molecule is COC(=O)C1=C(C)NC(C)=C(C(=O)OC)C1c1cnc(SCc2ccc([N+](=O)[O-])cc2)n1C. The third-order valence-corrected chi connectivity index (χ3v) is 6.48. The van der Waals surface area contributed by atoms with E-state index < -0.39 is 22.8 Å². The maximum absolute atomic E-state index is 12.7. The number of dihydropyridines is 1. The fraction of sp³-hybridized carbons (Fsp3) is 0.318. The number of thioether (sulfide) groups is 1. The van der Waals surface area contributed by atoms with Crippen molar-refractivity contribution in [1.29, 1.82) is 0 Å². The number of benzene rings is 1. The Morgan fingerprint density at radius 3 is 2.15 bits per heavy atom. The van der Waals surface area contributed by atoms with Crippen molar-refractivity contribution in [3.63, 3.8) is 0 Å². The highest BCUT2D eigenvalue weighted by Gasteiger charge is 2.39. The molecule has 0 saturated carbocycles. The lowest BCUT2D eigenvalue weighted by Crippen LogP contribution is -2.32. The number of carbonyl (C=O) groups is 2. The van der Waals surface area contributed by atoms with Crippen molar-refractivity contribution in [2.24, 2.45) is 7.05 Å². The third kappa shape index (κ3) is 4.77. The zero-order valence-electron chi connectivity index (χ0n) is 18.9. The maximum atomic E-state index is 12.7. The molecule has 0 amide bonds. The van der Waals surface area contributed by atoms with Crippen LogP contribution in [0.15, 0.2) is 58.2 Å². The van der Waals surface area contributed by atoms with Crippen LogP contribution in [-0.4, -0.2) is 40.6 Å². The molecule has 0 spiro atoms.